The predicted octanol–water partition coefficient (Wildman–Crippen LogP) is 2.65. The molecule has 1 aliphatic rings. The van der Waals surface area contributed by atoms with Gasteiger partial charge in [-0.25, -0.2) is 0 Å². The van der Waals surface area contributed by atoms with Crippen LogP contribution in [0.3, 0.4) is 0 Å². The summed E-state index contributed by atoms with van der Waals surface area (Å²) in [7, 11) is -1.96. The van der Waals surface area contributed by atoms with Crippen LogP contribution in [0.2, 0.25) is 18.1 Å². The molecule has 0 saturated heterocycles. The van der Waals surface area contributed by atoms with Gasteiger partial charge in [-0.2, -0.15) is 0 Å². The smallest absolute Gasteiger partial charge is 0.192 e. The molecule has 0 unspecified atom stereocenters. The molecule has 22 heavy (non-hydrogen) atoms. The first-order valence-electron chi connectivity index (χ1n) is 7.78. The molecule has 0 spiro atoms. The lowest BCUT2D eigenvalue weighted by Crippen LogP contribution is -2.47. The minimum Gasteiger partial charge on any atom is -0.414 e. The van der Waals surface area contributed by atoms with Crippen LogP contribution in [0.5, 0.6) is 0 Å². The summed E-state index contributed by atoms with van der Waals surface area (Å²) in [6.07, 6.45) is 0.180. The van der Waals surface area contributed by atoms with E-state index in [4.69, 9.17) is 13.9 Å². The summed E-state index contributed by atoms with van der Waals surface area (Å²) in [4.78, 5) is 12.3. The van der Waals surface area contributed by atoms with Gasteiger partial charge in [0.2, 0.25) is 0 Å². The third-order valence-electron chi connectivity index (χ3n) is 4.22. The van der Waals surface area contributed by atoms with Crippen molar-refractivity contribution < 1.29 is 23.8 Å². The van der Waals surface area contributed by atoms with E-state index in [2.05, 4.69) is 33.9 Å². The first kappa shape index (κ1) is 19.5. The molecule has 6 heteroatoms. The molecule has 0 amide bonds. The van der Waals surface area contributed by atoms with E-state index < -0.39 is 20.7 Å². The molecule has 5 nitrogen and oxygen atoms in total. The van der Waals surface area contributed by atoms with Crippen LogP contribution in [0, 0.1) is 0 Å². The van der Waals surface area contributed by atoms with Gasteiger partial charge < -0.3 is 19.0 Å². The zero-order chi connectivity index (χ0) is 17.1. The number of hydrogen-bond donors (Lipinski definition) is 1. The van der Waals surface area contributed by atoms with E-state index in [1.54, 1.807) is 6.08 Å². The van der Waals surface area contributed by atoms with E-state index in [1.807, 2.05) is 13.8 Å². The molecule has 1 heterocycles. The Bertz CT molecular complexity index is 423. The first-order chi connectivity index (χ1) is 9.98. The van der Waals surface area contributed by atoms with Crippen molar-refractivity contribution in [2.45, 2.75) is 71.2 Å². The summed E-state index contributed by atoms with van der Waals surface area (Å²) >= 11 is 0. The second-order valence-corrected chi connectivity index (χ2v) is 12.3. The van der Waals surface area contributed by atoms with Gasteiger partial charge in [0, 0.05) is 5.57 Å². The second-order valence-electron chi connectivity index (χ2n) is 7.46. The van der Waals surface area contributed by atoms with Crippen LogP contribution >= 0.6 is 0 Å². The highest BCUT2D eigenvalue weighted by atomic mass is 28.4. The van der Waals surface area contributed by atoms with E-state index in [9.17, 15) is 9.90 Å². The average Bonchev–Trinajstić information content (AvgIpc) is 2.37. The largest absolute Gasteiger partial charge is 0.414 e. The number of ether oxygens (including phenoxy) is 2. The highest BCUT2D eigenvalue weighted by molar-refractivity contribution is 6.74. The molecule has 0 aromatic heterocycles. The van der Waals surface area contributed by atoms with Crippen LogP contribution in [0.15, 0.2) is 11.6 Å². The Morgan fingerprint density at radius 2 is 1.95 bits per heavy atom. The van der Waals surface area contributed by atoms with Gasteiger partial charge in [-0.15, -0.1) is 0 Å². The molecule has 0 aromatic carbocycles. The Labute approximate surface area is 134 Å². The van der Waals surface area contributed by atoms with E-state index in [-0.39, 0.29) is 30.1 Å². The summed E-state index contributed by atoms with van der Waals surface area (Å²) in [6, 6.07) is 0. The summed E-state index contributed by atoms with van der Waals surface area (Å²) in [5.41, 5.74) is 0.334. The normalized spacial score (nSPS) is 23.9. The van der Waals surface area contributed by atoms with Crippen molar-refractivity contribution in [3.05, 3.63) is 11.6 Å². The van der Waals surface area contributed by atoms with Crippen LogP contribution in [0.4, 0.5) is 0 Å². The highest BCUT2D eigenvalue weighted by Gasteiger charge is 2.39. The SMILES string of the molecule is CC(C)O[C@@H]1C=C(CO)C(=O)[C@@H](CO[Si](C)(C)C(C)(C)C)O1. The van der Waals surface area contributed by atoms with E-state index in [0.717, 1.165) is 0 Å². The van der Waals surface area contributed by atoms with Gasteiger partial charge in [0.25, 0.3) is 0 Å². The topological polar surface area (TPSA) is 65.0 Å². The minimum absolute atomic E-state index is 0.0312. The monoisotopic (exact) mass is 330 g/mol. The second kappa shape index (κ2) is 7.36. The fourth-order valence-corrected chi connectivity index (χ4v) is 2.80. The predicted molar refractivity (Wildman–Crippen MR) is 88.2 cm³/mol. The molecule has 0 bridgehead atoms. The molecule has 1 rings (SSSR count). The Hall–Kier alpha value is -0.533. The minimum atomic E-state index is -1.96. The molecule has 1 aliphatic heterocycles. The van der Waals surface area contributed by atoms with Gasteiger partial charge in [0.1, 0.15) is 6.10 Å². The van der Waals surface area contributed by atoms with Gasteiger partial charge in [-0.3, -0.25) is 4.79 Å². The van der Waals surface area contributed by atoms with Crippen molar-refractivity contribution in [2.24, 2.45) is 0 Å². The van der Waals surface area contributed by atoms with Crippen molar-refractivity contribution in [1.82, 2.24) is 0 Å². The number of Topliss-reactive ketones (excluding diaryl/α,β-unsaturated/α-hetero) is 1. The lowest BCUT2D eigenvalue weighted by Gasteiger charge is -2.38. The summed E-state index contributed by atoms with van der Waals surface area (Å²) < 4.78 is 17.4. The number of aliphatic hydroxyl groups excluding tert-OH is 1. The molecule has 1 N–H and O–H groups in total. The van der Waals surface area contributed by atoms with Crippen LogP contribution in [-0.2, 0) is 18.7 Å². The third-order valence-corrected chi connectivity index (χ3v) is 8.72. The Balaban J connectivity index is 2.78. The lowest BCUT2D eigenvalue weighted by atomic mass is 10.0. The maximum absolute atomic E-state index is 12.3. The van der Waals surface area contributed by atoms with E-state index >= 15 is 0 Å². The van der Waals surface area contributed by atoms with Crippen LogP contribution in [-0.4, -0.2) is 50.9 Å². The van der Waals surface area contributed by atoms with Crippen LogP contribution in [0.1, 0.15) is 34.6 Å². The van der Waals surface area contributed by atoms with Gasteiger partial charge in [-0.05, 0) is 38.1 Å². The van der Waals surface area contributed by atoms with Crippen molar-refractivity contribution in [1.29, 1.82) is 0 Å². The van der Waals surface area contributed by atoms with Crippen molar-refractivity contribution in [3.8, 4) is 0 Å². The van der Waals surface area contributed by atoms with E-state index in [0.29, 0.717) is 5.57 Å². The number of carbonyl (C=O) groups is 1. The molecule has 0 saturated carbocycles. The van der Waals surface area contributed by atoms with Crippen molar-refractivity contribution in [2.75, 3.05) is 13.2 Å². The third kappa shape index (κ3) is 4.99. The molecule has 2 atom stereocenters. The Morgan fingerprint density at radius 3 is 2.41 bits per heavy atom. The van der Waals surface area contributed by atoms with Gasteiger partial charge in [0.15, 0.2) is 20.4 Å². The molecule has 0 radical (unpaired) electrons. The average molecular weight is 330 g/mol. The highest BCUT2D eigenvalue weighted by Crippen LogP contribution is 2.36. The van der Waals surface area contributed by atoms with Gasteiger partial charge in [-0.1, -0.05) is 20.8 Å². The zero-order valence-electron chi connectivity index (χ0n) is 14.8. The standard InChI is InChI=1S/C16H30O5Si/c1-11(2)20-14-8-12(9-17)15(18)13(21-14)10-19-22(6,7)16(3,4)5/h8,11,13-14,17H,9-10H2,1-7H3/t13-,14+/m1/s1. The number of hydrogen-bond acceptors (Lipinski definition) is 5. The van der Waals surface area contributed by atoms with Crippen LogP contribution in [0.25, 0.3) is 0 Å². The van der Waals surface area contributed by atoms with Crippen molar-refractivity contribution in [3.63, 3.8) is 0 Å². The molecule has 0 aliphatic carbocycles. The molecular formula is C16H30O5Si. The fourth-order valence-electron chi connectivity index (χ4n) is 1.80. The maximum Gasteiger partial charge on any atom is 0.192 e. The van der Waals surface area contributed by atoms with Gasteiger partial charge >= 0.3 is 0 Å². The Kier molecular flexibility index (Phi) is 6.53. The summed E-state index contributed by atoms with van der Waals surface area (Å²) in [5.74, 6) is -0.218. The molecule has 0 aromatic rings. The van der Waals surface area contributed by atoms with Crippen molar-refractivity contribution >= 4 is 14.1 Å². The zero-order valence-corrected chi connectivity index (χ0v) is 15.8. The number of carbonyl (C=O) groups excluding carboxylic acids is 1. The number of aliphatic hydroxyl groups is 1. The maximum atomic E-state index is 12.3. The fraction of sp³-hybridized carbons (Fsp3) is 0.812. The number of rotatable bonds is 6. The summed E-state index contributed by atoms with van der Waals surface area (Å²) in [6.45, 7) is 14.4. The molecular weight excluding hydrogens is 300 g/mol. The Morgan fingerprint density at radius 1 is 1.36 bits per heavy atom. The van der Waals surface area contributed by atoms with E-state index in [1.165, 1.54) is 0 Å². The van der Waals surface area contributed by atoms with Crippen LogP contribution < -0.4 is 0 Å². The van der Waals surface area contributed by atoms with Gasteiger partial charge in [0.05, 0.1) is 19.3 Å². The molecule has 128 valence electrons. The molecule has 0 fully saturated rings. The quantitative estimate of drug-likeness (QED) is 0.759. The number of ketones is 1. The summed E-state index contributed by atoms with van der Waals surface area (Å²) in [5, 5.41) is 9.42. The first-order valence-corrected chi connectivity index (χ1v) is 10.7. The lowest BCUT2D eigenvalue weighted by molar-refractivity contribution is -0.180.